The van der Waals surface area contributed by atoms with E-state index in [-0.39, 0.29) is 5.91 Å². The molecule has 0 bridgehead atoms. The Balaban J connectivity index is 1.96. The molecule has 0 aliphatic carbocycles. The summed E-state index contributed by atoms with van der Waals surface area (Å²) in [6, 6.07) is 11.2. The molecule has 23 heavy (non-hydrogen) atoms. The third-order valence-electron chi connectivity index (χ3n) is 3.79. The van der Waals surface area contributed by atoms with Crippen molar-refractivity contribution in [2.75, 3.05) is 12.4 Å². The molecule has 5 heteroatoms. The summed E-state index contributed by atoms with van der Waals surface area (Å²) >= 11 is 3.41. The predicted octanol–water partition coefficient (Wildman–Crippen LogP) is 5.07. The molecule has 1 heterocycles. The minimum atomic E-state index is -0.261. The Morgan fingerprint density at radius 1 is 1.17 bits per heavy atom. The smallest absolute Gasteiger partial charge is 0.291 e. The topological polar surface area (TPSA) is 51.5 Å². The fourth-order valence-electron chi connectivity index (χ4n) is 2.49. The average Bonchev–Trinajstić information content (AvgIpc) is 2.86. The lowest BCUT2D eigenvalue weighted by Gasteiger charge is -2.07. The van der Waals surface area contributed by atoms with Gasteiger partial charge in [-0.15, -0.1) is 0 Å². The second kappa shape index (κ2) is 6.08. The maximum Gasteiger partial charge on any atom is 0.291 e. The van der Waals surface area contributed by atoms with Crippen LogP contribution < -0.4 is 10.1 Å². The molecule has 1 aromatic heterocycles. The molecule has 1 N–H and O–H groups in total. The molecule has 0 saturated carbocycles. The van der Waals surface area contributed by atoms with Crippen LogP contribution in [0, 0.1) is 13.8 Å². The van der Waals surface area contributed by atoms with Crippen LogP contribution in [0.4, 0.5) is 5.69 Å². The highest BCUT2D eigenvalue weighted by molar-refractivity contribution is 9.10. The van der Waals surface area contributed by atoms with Crippen molar-refractivity contribution in [3.8, 4) is 5.75 Å². The molecule has 118 valence electrons. The summed E-state index contributed by atoms with van der Waals surface area (Å²) in [5.41, 5.74) is 3.20. The molecule has 0 saturated heterocycles. The highest BCUT2D eigenvalue weighted by atomic mass is 79.9. The Bertz CT molecular complexity index is 899. The molecule has 3 aromatic rings. The molecule has 0 atom stereocenters. The van der Waals surface area contributed by atoms with E-state index in [1.54, 1.807) is 7.11 Å². The van der Waals surface area contributed by atoms with Gasteiger partial charge in [-0.05, 0) is 55.8 Å². The number of benzene rings is 2. The number of halogens is 1. The van der Waals surface area contributed by atoms with Gasteiger partial charge in [-0.2, -0.15) is 0 Å². The van der Waals surface area contributed by atoms with Crippen LogP contribution in [0.2, 0.25) is 0 Å². The minimum absolute atomic E-state index is 0.261. The molecule has 0 radical (unpaired) electrons. The SMILES string of the molecule is COc1ccc2oc(C(=O)Nc3ccc(Br)cc3C)c(C)c2c1. The van der Waals surface area contributed by atoms with Gasteiger partial charge in [-0.25, -0.2) is 0 Å². The number of aryl methyl sites for hydroxylation is 2. The average molecular weight is 374 g/mol. The van der Waals surface area contributed by atoms with Crippen LogP contribution in [0.3, 0.4) is 0 Å². The molecule has 0 spiro atoms. The number of nitrogens with one attached hydrogen (secondary N) is 1. The first kappa shape index (κ1) is 15.6. The van der Waals surface area contributed by atoms with Crippen molar-refractivity contribution < 1.29 is 13.9 Å². The molecule has 0 unspecified atom stereocenters. The lowest BCUT2D eigenvalue weighted by atomic mass is 10.1. The fourth-order valence-corrected chi connectivity index (χ4v) is 2.97. The Hall–Kier alpha value is -2.27. The van der Waals surface area contributed by atoms with Crippen LogP contribution in [-0.4, -0.2) is 13.0 Å². The van der Waals surface area contributed by atoms with Gasteiger partial charge in [0.05, 0.1) is 7.11 Å². The molecule has 1 amide bonds. The standard InChI is InChI=1S/C18H16BrNO3/c1-10-8-12(19)4-6-15(10)20-18(21)17-11(2)14-9-13(22-3)5-7-16(14)23-17/h4-9H,1-3H3,(H,20,21). The van der Waals surface area contributed by atoms with Crippen LogP contribution in [0.25, 0.3) is 11.0 Å². The first-order chi connectivity index (χ1) is 11.0. The van der Waals surface area contributed by atoms with Gasteiger partial charge in [-0.1, -0.05) is 15.9 Å². The number of methoxy groups -OCH3 is 1. The Morgan fingerprint density at radius 3 is 2.65 bits per heavy atom. The van der Waals surface area contributed by atoms with Crippen LogP contribution in [0.1, 0.15) is 21.7 Å². The molecule has 0 fully saturated rings. The van der Waals surface area contributed by atoms with Gasteiger partial charge in [0, 0.05) is 21.1 Å². The summed E-state index contributed by atoms with van der Waals surface area (Å²) in [6.07, 6.45) is 0. The van der Waals surface area contributed by atoms with Gasteiger partial charge in [0.1, 0.15) is 11.3 Å². The van der Waals surface area contributed by atoms with Crippen LogP contribution >= 0.6 is 15.9 Å². The number of rotatable bonds is 3. The van der Waals surface area contributed by atoms with E-state index in [0.29, 0.717) is 11.3 Å². The Labute approximate surface area is 142 Å². The van der Waals surface area contributed by atoms with E-state index in [2.05, 4.69) is 21.2 Å². The minimum Gasteiger partial charge on any atom is -0.497 e. The molecular weight excluding hydrogens is 358 g/mol. The maximum absolute atomic E-state index is 12.5. The zero-order valence-electron chi connectivity index (χ0n) is 13.1. The third-order valence-corrected chi connectivity index (χ3v) is 4.28. The van der Waals surface area contributed by atoms with Crippen molar-refractivity contribution in [3.63, 3.8) is 0 Å². The number of ether oxygens (including phenoxy) is 1. The largest absolute Gasteiger partial charge is 0.497 e. The van der Waals surface area contributed by atoms with Gasteiger partial charge in [0.2, 0.25) is 0 Å². The summed E-state index contributed by atoms with van der Waals surface area (Å²) in [7, 11) is 1.61. The second-order valence-electron chi connectivity index (χ2n) is 5.33. The molecule has 3 rings (SSSR count). The third kappa shape index (κ3) is 2.97. The van der Waals surface area contributed by atoms with E-state index < -0.39 is 0 Å². The van der Waals surface area contributed by atoms with Gasteiger partial charge >= 0.3 is 0 Å². The quantitative estimate of drug-likeness (QED) is 0.696. The second-order valence-corrected chi connectivity index (χ2v) is 6.25. The van der Waals surface area contributed by atoms with Gasteiger partial charge < -0.3 is 14.5 Å². The van der Waals surface area contributed by atoms with E-state index in [0.717, 1.165) is 32.4 Å². The van der Waals surface area contributed by atoms with Gasteiger partial charge in [0.15, 0.2) is 5.76 Å². The van der Waals surface area contributed by atoms with Crippen LogP contribution in [0.15, 0.2) is 45.3 Å². The maximum atomic E-state index is 12.5. The van der Waals surface area contributed by atoms with Crippen LogP contribution in [-0.2, 0) is 0 Å². The summed E-state index contributed by atoms with van der Waals surface area (Å²) in [5.74, 6) is 0.788. The van der Waals surface area contributed by atoms with E-state index in [1.165, 1.54) is 0 Å². The van der Waals surface area contributed by atoms with Crippen LogP contribution in [0.5, 0.6) is 5.75 Å². The summed E-state index contributed by atoms with van der Waals surface area (Å²) < 4.78 is 11.9. The van der Waals surface area contributed by atoms with Crippen molar-refractivity contribution in [2.45, 2.75) is 13.8 Å². The highest BCUT2D eigenvalue weighted by Gasteiger charge is 2.18. The number of hydrogen-bond donors (Lipinski definition) is 1. The Kier molecular flexibility index (Phi) is 4.13. The molecule has 0 aliphatic heterocycles. The number of furan rings is 1. The number of amides is 1. The number of carbonyl (C=O) groups is 1. The van der Waals surface area contributed by atoms with Crippen molar-refractivity contribution in [2.24, 2.45) is 0 Å². The zero-order valence-corrected chi connectivity index (χ0v) is 14.7. The number of hydrogen-bond acceptors (Lipinski definition) is 3. The molecule has 2 aromatic carbocycles. The van der Waals surface area contributed by atoms with Crippen molar-refractivity contribution in [3.05, 3.63) is 57.8 Å². The van der Waals surface area contributed by atoms with E-state index in [1.807, 2.05) is 50.2 Å². The number of carbonyl (C=O) groups excluding carboxylic acids is 1. The van der Waals surface area contributed by atoms with Gasteiger partial charge in [-0.3, -0.25) is 4.79 Å². The summed E-state index contributed by atoms with van der Waals surface area (Å²) in [5, 5.41) is 3.78. The number of anilines is 1. The van der Waals surface area contributed by atoms with Crippen molar-refractivity contribution in [1.82, 2.24) is 0 Å². The first-order valence-corrected chi connectivity index (χ1v) is 7.93. The fraction of sp³-hybridized carbons (Fsp3) is 0.167. The van der Waals surface area contributed by atoms with Crippen molar-refractivity contribution in [1.29, 1.82) is 0 Å². The molecule has 0 aliphatic rings. The first-order valence-electron chi connectivity index (χ1n) is 7.14. The molecule has 4 nitrogen and oxygen atoms in total. The Morgan fingerprint density at radius 2 is 1.96 bits per heavy atom. The lowest BCUT2D eigenvalue weighted by Crippen LogP contribution is -2.13. The zero-order chi connectivity index (χ0) is 16.6. The highest BCUT2D eigenvalue weighted by Crippen LogP contribution is 2.29. The monoisotopic (exact) mass is 373 g/mol. The van der Waals surface area contributed by atoms with E-state index in [4.69, 9.17) is 9.15 Å². The molecular formula is C18H16BrNO3. The van der Waals surface area contributed by atoms with Crippen molar-refractivity contribution >= 4 is 38.5 Å². The lowest BCUT2D eigenvalue weighted by molar-refractivity contribution is 0.0998. The summed E-state index contributed by atoms with van der Waals surface area (Å²) in [4.78, 5) is 12.5. The van der Waals surface area contributed by atoms with E-state index >= 15 is 0 Å². The number of fused-ring (bicyclic) bond motifs is 1. The van der Waals surface area contributed by atoms with E-state index in [9.17, 15) is 4.79 Å². The summed E-state index contributed by atoms with van der Waals surface area (Å²) in [6.45, 7) is 3.81. The predicted molar refractivity (Wildman–Crippen MR) is 94.3 cm³/mol. The normalized spacial score (nSPS) is 10.8. The van der Waals surface area contributed by atoms with Gasteiger partial charge in [0.25, 0.3) is 5.91 Å².